The molecule has 2 rings (SSSR count). The minimum Gasteiger partial charge on any atom is -0.480 e. The van der Waals surface area contributed by atoms with Gasteiger partial charge >= 0.3 is 5.97 Å². The maximum absolute atomic E-state index is 12.5. The highest BCUT2D eigenvalue weighted by Gasteiger charge is 2.36. The Hall–Kier alpha value is -1.36. The summed E-state index contributed by atoms with van der Waals surface area (Å²) in [6, 6.07) is 5.02. The summed E-state index contributed by atoms with van der Waals surface area (Å²) in [6.45, 7) is 4.28. The molecule has 1 aromatic carbocycles. The van der Waals surface area contributed by atoms with Crippen molar-refractivity contribution >= 4 is 27.8 Å². The second-order valence-electron chi connectivity index (χ2n) is 5.59. The normalized spacial score (nSPS) is 19.0. The number of hydrogen-bond donors (Lipinski definition) is 1. The number of benzene rings is 1. The molecule has 5 heteroatoms. The molecule has 1 aliphatic rings. The summed E-state index contributed by atoms with van der Waals surface area (Å²) < 4.78 is 0.917. The number of rotatable bonds is 4. The van der Waals surface area contributed by atoms with Crippen LogP contribution in [-0.4, -0.2) is 27.9 Å². The van der Waals surface area contributed by atoms with Crippen molar-refractivity contribution in [2.75, 3.05) is 0 Å². The van der Waals surface area contributed by atoms with Crippen LogP contribution in [0.15, 0.2) is 22.7 Å². The van der Waals surface area contributed by atoms with E-state index < -0.39 is 12.0 Å². The van der Waals surface area contributed by atoms with E-state index in [0.29, 0.717) is 13.0 Å². The number of carbonyl (C=O) groups is 2. The van der Waals surface area contributed by atoms with Crippen LogP contribution in [0.2, 0.25) is 0 Å². The first-order chi connectivity index (χ1) is 9.95. The van der Waals surface area contributed by atoms with Gasteiger partial charge in [-0.2, -0.15) is 0 Å². The van der Waals surface area contributed by atoms with Gasteiger partial charge in [0.15, 0.2) is 0 Å². The number of hydrogen-bond acceptors (Lipinski definition) is 2. The zero-order valence-corrected chi connectivity index (χ0v) is 13.9. The zero-order chi connectivity index (χ0) is 15.6. The van der Waals surface area contributed by atoms with Crippen LogP contribution < -0.4 is 0 Å². The van der Waals surface area contributed by atoms with Gasteiger partial charge in [-0.3, -0.25) is 4.79 Å². The van der Waals surface area contributed by atoms with Crippen LogP contribution in [0.3, 0.4) is 0 Å². The average molecular weight is 354 g/mol. The highest BCUT2D eigenvalue weighted by atomic mass is 79.9. The average Bonchev–Trinajstić information content (AvgIpc) is 2.45. The molecule has 0 fully saturated rings. The lowest BCUT2D eigenvalue weighted by Crippen LogP contribution is -2.50. The van der Waals surface area contributed by atoms with E-state index in [9.17, 15) is 14.7 Å². The fourth-order valence-corrected chi connectivity index (χ4v) is 3.44. The molecule has 1 amide bonds. The molecule has 1 aliphatic heterocycles. The van der Waals surface area contributed by atoms with Crippen LogP contribution in [0.5, 0.6) is 0 Å². The van der Waals surface area contributed by atoms with E-state index in [-0.39, 0.29) is 11.8 Å². The summed E-state index contributed by atoms with van der Waals surface area (Å²) >= 11 is 3.47. The molecule has 0 aromatic heterocycles. The van der Waals surface area contributed by atoms with Gasteiger partial charge in [0.05, 0.1) is 0 Å². The summed E-state index contributed by atoms with van der Waals surface area (Å²) in [5.74, 6) is -1.13. The predicted molar refractivity (Wildman–Crippen MR) is 83.9 cm³/mol. The Labute approximate surface area is 133 Å². The van der Waals surface area contributed by atoms with Crippen LogP contribution in [0.4, 0.5) is 0 Å². The van der Waals surface area contributed by atoms with Gasteiger partial charge in [0, 0.05) is 23.4 Å². The Kier molecular flexibility index (Phi) is 5.04. The molecule has 0 saturated heterocycles. The van der Waals surface area contributed by atoms with Gasteiger partial charge in [0.2, 0.25) is 5.91 Å². The molecule has 0 spiro atoms. The molecule has 4 nitrogen and oxygen atoms in total. The van der Waals surface area contributed by atoms with Gasteiger partial charge in [-0.15, -0.1) is 0 Å². The third-order valence-electron chi connectivity index (χ3n) is 4.04. The van der Waals surface area contributed by atoms with Gasteiger partial charge in [-0.25, -0.2) is 4.79 Å². The summed E-state index contributed by atoms with van der Waals surface area (Å²) in [6.07, 6.45) is 2.06. The van der Waals surface area contributed by atoms with Crippen molar-refractivity contribution in [1.29, 1.82) is 0 Å². The lowest BCUT2D eigenvalue weighted by atomic mass is 9.92. The van der Waals surface area contributed by atoms with Gasteiger partial charge in [-0.1, -0.05) is 48.3 Å². The first-order valence-corrected chi connectivity index (χ1v) is 8.04. The van der Waals surface area contributed by atoms with Crippen molar-refractivity contribution in [2.24, 2.45) is 5.92 Å². The molecule has 0 aliphatic carbocycles. The van der Waals surface area contributed by atoms with Gasteiger partial charge < -0.3 is 10.0 Å². The van der Waals surface area contributed by atoms with Crippen molar-refractivity contribution in [3.63, 3.8) is 0 Å². The summed E-state index contributed by atoms with van der Waals surface area (Å²) in [5.41, 5.74) is 2.02. The van der Waals surface area contributed by atoms with Crippen LogP contribution in [0.25, 0.3) is 0 Å². The molecular weight excluding hydrogens is 334 g/mol. The second-order valence-corrected chi connectivity index (χ2v) is 6.45. The molecule has 0 saturated carbocycles. The smallest absolute Gasteiger partial charge is 0.326 e. The maximum atomic E-state index is 12.5. The van der Waals surface area contributed by atoms with Gasteiger partial charge in [-0.05, 0) is 23.6 Å². The Morgan fingerprint density at radius 2 is 2.19 bits per heavy atom. The van der Waals surface area contributed by atoms with Crippen molar-refractivity contribution in [2.45, 2.75) is 45.7 Å². The van der Waals surface area contributed by atoms with Crippen LogP contribution in [0.1, 0.15) is 37.8 Å². The number of carboxylic acid groups (broad SMARTS) is 1. The quantitative estimate of drug-likeness (QED) is 0.903. The molecule has 1 heterocycles. The van der Waals surface area contributed by atoms with E-state index in [1.54, 1.807) is 0 Å². The fraction of sp³-hybridized carbons (Fsp3) is 0.500. The molecule has 114 valence electrons. The molecule has 1 aromatic rings. The molecule has 2 unspecified atom stereocenters. The first kappa shape index (κ1) is 16.0. The lowest BCUT2D eigenvalue weighted by molar-refractivity contribution is -0.153. The summed E-state index contributed by atoms with van der Waals surface area (Å²) in [5, 5.41) is 9.48. The minimum atomic E-state index is -0.937. The number of halogens is 1. The third kappa shape index (κ3) is 3.28. The number of aliphatic carboxylic acids is 1. The van der Waals surface area contributed by atoms with Crippen LogP contribution in [-0.2, 0) is 22.6 Å². The van der Waals surface area contributed by atoms with E-state index in [1.807, 2.05) is 32.0 Å². The highest BCUT2D eigenvalue weighted by molar-refractivity contribution is 9.10. The number of carboxylic acids is 1. The van der Waals surface area contributed by atoms with E-state index >= 15 is 0 Å². The number of fused-ring (bicyclic) bond motifs is 1. The number of carbonyl (C=O) groups excluding carboxylic acids is 1. The Morgan fingerprint density at radius 3 is 2.81 bits per heavy atom. The van der Waals surface area contributed by atoms with Crippen molar-refractivity contribution < 1.29 is 14.7 Å². The first-order valence-electron chi connectivity index (χ1n) is 7.25. The number of nitrogens with zero attached hydrogens (tertiary/aromatic N) is 1. The standard InChI is InChI=1S/C16H20BrNO3/c1-3-5-10(2)15(19)18-9-11-6-4-7-13(17)12(11)8-14(18)16(20)21/h4,6-7,10,14H,3,5,8-9H2,1-2H3,(H,20,21). The summed E-state index contributed by atoms with van der Waals surface area (Å²) in [4.78, 5) is 25.6. The second kappa shape index (κ2) is 6.60. The van der Waals surface area contributed by atoms with Crippen LogP contribution >= 0.6 is 15.9 Å². The lowest BCUT2D eigenvalue weighted by Gasteiger charge is -2.36. The van der Waals surface area contributed by atoms with E-state index in [1.165, 1.54) is 4.90 Å². The minimum absolute atomic E-state index is 0.0603. The molecule has 0 bridgehead atoms. The Morgan fingerprint density at radius 1 is 1.48 bits per heavy atom. The highest BCUT2D eigenvalue weighted by Crippen LogP contribution is 2.30. The van der Waals surface area contributed by atoms with Gasteiger partial charge in [0.25, 0.3) is 0 Å². The fourth-order valence-electron chi connectivity index (χ4n) is 2.87. The van der Waals surface area contributed by atoms with Crippen LogP contribution in [0, 0.1) is 5.92 Å². The molecule has 1 N–H and O–H groups in total. The molecular formula is C16H20BrNO3. The van der Waals surface area contributed by atoms with E-state index in [4.69, 9.17) is 0 Å². The van der Waals surface area contributed by atoms with Gasteiger partial charge in [0.1, 0.15) is 6.04 Å². The molecule has 2 atom stereocenters. The Bertz CT molecular complexity index is 558. The van der Waals surface area contributed by atoms with E-state index in [0.717, 1.165) is 28.4 Å². The SMILES string of the molecule is CCCC(C)C(=O)N1Cc2cccc(Br)c2CC1C(=O)O. The van der Waals surface area contributed by atoms with Crippen molar-refractivity contribution in [3.8, 4) is 0 Å². The van der Waals surface area contributed by atoms with Crippen molar-refractivity contribution in [3.05, 3.63) is 33.8 Å². The maximum Gasteiger partial charge on any atom is 0.326 e. The zero-order valence-electron chi connectivity index (χ0n) is 12.3. The third-order valence-corrected chi connectivity index (χ3v) is 4.78. The largest absolute Gasteiger partial charge is 0.480 e. The number of amides is 1. The molecule has 21 heavy (non-hydrogen) atoms. The van der Waals surface area contributed by atoms with Crippen molar-refractivity contribution in [1.82, 2.24) is 4.90 Å². The Balaban J connectivity index is 2.32. The topological polar surface area (TPSA) is 57.6 Å². The monoisotopic (exact) mass is 353 g/mol. The predicted octanol–water partition coefficient (Wildman–Crippen LogP) is 3.22. The summed E-state index contributed by atoms with van der Waals surface area (Å²) in [7, 11) is 0. The van der Waals surface area contributed by atoms with E-state index in [2.05, 4.69) is 15.9 Å². The molecule has 0 radical (unpaired) electrons.